The molecule has 5 nitrogen and oxygen atoms in total. The first-order chi connectivity index (χ1) is 10.5. The van der Waals surface area contributed by atoms with E-state index in [9.17, 15) is 9.90 Å². The fourth-order valence-corrected chi connectivity index (χ4v) is 2.46. The van der Waals surface area contributed by atoms with Gasteiger partial charge in [-0.1, -0.05) is 26.0 Å². The largest absolute Gasteiger partial charge is 0.392 e. The van der Waals surface area contributed by atoms with E-state index < -0.39 is 0 Å². The minimum absolute atomic E-state index is 0.110. The van der Waals surface area contributed by atoms with Crippen molar-refractivity contribution in [3.8, 4) is 0 Å². The van der Waals surface area contributed by atoms with Crippen LogP contribution in [0, 0.1) is 0 Å². The molecule has 1 aromatic carbocycles. The molecule has 0 saturated carbocycles. The number of fused-ring (bicyclic) bond motifs is 1. The zero-order chi connectivity index (χ0) is 16.1. The number of benzene rings is 1. The second-order valence-corrected chi connectivity index (χ2v) is 5.78. The van der Waals surface area contributed by atoms with Crippen LogP contribution in [0.25, 0.3) is 10.9 Å². The maximum atomic E-state index is 12.1. The van der Waals surface area contributed by atoms with E-state index in [0.717, 1.165) is 6.42 Å². The van der Waals surface area contributed by atoms with Gasteiger partial charge in [-0.15, -0.1) is 0 Å². The molecule has 2 atom stereocenters. The Morgan fingerprint density at radius 3 is 2.68 bits per heavy atom. The minimum atomic E-state index is -0.360. The van der Waals surface area contributed by atoms with E-state index in [1.165, 1.54) is 0 Å². The van der Waals surface area contributed by atoms with Crippen molar-refractivity contribution in [2.24, 2.45) is 0 Å². The summed E-state index contributed by atoms with van der Waals surface area (Å²) in [6, 6.07) is 7.66. The third-order valence-electron chi connectivity index (χ3n) is 4.15. The molecule has 2 N–H and O–H groups in total. The van der Waals surface area contributed by atoms with Gasteiger partial charge in [0.05, 0.1) is 23.6 Å². The second-order valence-electron chi connectivity index (χ2n) is 5.78. The Bertz CT molecular complexity index is 668. The van der Waals surface area contributed by atoms with E-state index in [0.29, 0.717) is 42.3 Å². The zero-order valence-electron chi connectivity index (χ0n) is 13.5. The molecule has 0 aliphatic rings. The summed E-state index contributed by atoms with van der Waals surface area (Å²) in [6.07, 6.45) is 1.34. The summed E-state index contributed by atoms with van der Waals surface area (Å²) in [7, 11) is 0. The van der Waals surface area contributed by atoms with Gasteiger partial charge in [0.2, 0.25) is 0 Å². The number of para-hydroxylation sites is 1. The Kier molecular flexibility index (Phi) is 5.69. The molecule has 1 unspecified atom stereocenters. The van der Waals surface area contributed by atoms with Gasteiger partial charge >= 0.3 is 0 Å². The molecule has 0 bridgehead atoms. The normalized spacial score (nSPS) is 14.4. The van der Waals surface area contributed by atoms with E-state index >= 15 is 0 Å². The van der Waals surface area contributed by atoms with Crippen LogP contribution in [0.4, 0.5) is 0 Å². The quantitative estimate of drug-likeness (QED) is 0.823. The molecular formula is C17H25N3O2. The summed E-state index contributed by atoms with van der Waals surface area (Å²) in [5, 5.41) is 10.5. The van der Waals surface area contributed by atoms with Crippen LogP contribution >= 0.6 is 0 Å². The van der Waals surface area contributed by atoms with Crippen molar-refractivity contribution in [2.45, 2.75) is 52.3 Å². The van der Waals surface area contributed by atoms with Crippen LogP contribution in [0.1, 0.15) is 39.4 Å². The maximum Gasteiger partial charge on any atom is 0.258 e. The molecule has 0 spiro atoms. The van der Waals surface area contributed by atoms with Crippen molar-refractivity contribution in [3.05, 3.63) is 40.4 Å². The molecule has 2 rings (SSSR count). The number of hydrogen-bond donors (Lipinski definition) is 2. The highest BCUT2D eigenvalue weighted by Crippen LogP contribution is 2.11. The average molecular weight is 303 g/mol. The Balaban J connectivity index is 2.27. The van der Waals surface area contributed by atoms with Crippen LogP contribution < -0.4 is 5.56 Å². The summed E-state index contributed by atoms with van der Waals surface area (Å²) in [6.45, 7) is 7.33. The van der Waals surface area contributed by atoms with E-state index in [-0.39, 0.29) is 11.7 Å². The van der Waals surface area contributed by atoms with Crippen LogP contribution in [0.2, 0.25) is 0 Å². The van der Waals surface area contributed by atoms with E-state index in [1.54, 1.807) is 6.07 Å². The molecule has 1 heterocycles. The number of aliphatic hydroxyl groups excluding tert-OH is 1. The molecule has 0 radical (unpaired) electrons. The molecule has 2 aromatic rings. The highest BCUT2D eigenvalue weighted by molar-refractivity contribution is 5.77. The summed E-state index contributed by atoms with van der Waals surface area (Å²) >= 11 is 0. The van der Waals surface area contributed by atoms with Gasteiger partial charge in [0.15, 0.2) is 0 Å². The minimum Gasteiger partial charge on any atom is -0.392 e. The van der Waals surface area contributed by atoms with Crippen LogP contribution in [0.15, 0.2) is 29.1 Å². The summed E-state index contributed by atoms with van der Waals surface area (Å²) in [5.74, 6) is 0.646. The van der Waals surface area contributed by atoms with Crippen LogP contribution in [-0.2, 0) is 6.54 Å². The number of aromatic nitrogens is 2. The fourth-order valence-electron chi connectivity index (χ4n) is 2.46. The number of rotatable bonds is 7. The summed E-state index contributed by atoms with van der Waals surface area (Å²) < 4.78 is 0. The van der Waals surface area contributed by atoms with E-state index in [2.05, 4.69) is 28.7 Å². The first kappa shape index (κ1) is 16.6. The number of H-pyrrole nitrogens is 1. The molecule has 0 aliphatic heterocycles. The second kappa shape index (κ2) is 7.51. The third-order valence-corrected chi connectivity index (χ3v) is 4.15. The highest BCUT2D eigenvalue weighted by atomic mass is 16.3. The zero-order valence-corrected chi connectivity index (χ0v) is 13.5. The first-order valence-electron chi connectivity index (χ1n) is 7.95. The van der Waals surface area contributed by atoms with Gasteiger partial charge in [-0.05, 0) is 31.9 Å². The van der Waals surface area contributed by atoms with Crippen molar-refractivity contribution in [1.29, 1.82) is 0 Å². The number of hydrogen-bond acceptors (Lipinski definition) is 4. The Labute approximate surface area is 131 Å². The SMILES string of the molecule is CCC(C)N(Cc1nc2ccccc2c(=O)[nH]1)C[C@H](O)CC. The topological polar surface area (TPSA) is 69.2 Å². The monoisotopic (exact) mass is 303 g/mol. The average Bonchev–Trinajstić information content (AvgIpc) is 2.53. The lowest BCUT2D eigenvalue weighted by atomic mass is 10.1. The van der Waals surface area contributed by atoms with Gasteiger partial charge in [-0.3, -0.25) is 9.69 Å². The van der Waals surface area contributed by atoms with Gasteiger partial charge < -0.3 is 10.1 Å². The smallest absolute Gasteiger partial charge is 0.258 e. The highest BCUT2D eigenvalue weighted by Gasteiger charge is 2.17. The maximum absolute atomic E-state index is 12.1. The van der Waals surface area contributed by atoms with E-state index in [1.807, 2.05) is 25.1 Å². The van der Waals surface area contributed by atoms with Crippen LogP contribution in [0.5, 0.6) is 0 Å². The molecule has 0 aliphatic carbocycles. The molecule has 22 heavy (non-hydrogen) atoms. The first-order valence-corrected chi connectivity index (χ1v) is 7.95. The lowest BCUT2D eigenvalue weighted by Crippen LogP contribution is -2.39. The predicted octanol–water partition coefficient (Wildman–Crippen LogP) is 2.29. The van der Waals surface area contributed by atoms with Gasteiger partial charge in [-0.2, -0.15) is 0 Å². The van der Waals surface area contributed by atoms with Crippen molar-refractivity contribution in [3.63, 3.8) is 0 Å². The van der Waals surface area contributed by atoms with Crippen molar-refractivity contribution in [2.75, 3.05) is 6.54 Å². The molecule has 0 saturated heterocycles. The summed E-state index contributed by atoms with van der Waals surface area (Å²) in [5.41, 5.74) is 0.599. The standard InChI is InChI=1S/C17H25N3O2/c1-4-12(3)20(10-13(21)5-2)11-16-18-15-9-7-6-8-14(15)17(22)19-16/h6-9,12-13,21H,4-5,10-11H2,1-3H3,(H,18,19,22)/t12?,13-/m1/s1. The molecule has 5 heteroatoms. The van der Waals surface area contributed by atoms with Crippen molar-refractivity contribution < 1.29 is 5.11 Å². The number of nitrogens with zero attached hydrogens (tertiary/aromatic N) is 2. The van der Waals surface area contributed by atoms with Crippen molar-refractivity contribution in [1.82, 2.24) is 14.9 Å². The van der Waals surface area contributed by atoms with Crippen molar-refractivity contribution >= 4 is 10.9 Å². The number of nitrogens with one attached hydrogen (secondary N) is 1. The van der Waals surface area contributed by atoms with Crippen LogP contribution in [-0.4, -0.2) is 38.7 Å². The molecule has 0 amide bonds. The molecule has 120 valence electrons. The number of aliphatic hydroxyl groups is 1. The predicted molar refractivity (Wildman–Crippen MR) is 88.8 cm³/mol. The van der Waals surface area contributed by atoms with Gasteiger partial charge in [0.25, 0.3) is 5.56 Å². The fraction of sp³-hybridized carbons (Fsp3) is 0.529. The van der Waals surface area contributed by atoms with Gasteiger partial charge in [0.1, 0.15) is 5.82 Å². The van der Waals surface area contributed by atoms with Crippen LogP contribution in [0.3, 0.4) is 0 Å². The molecular weight excluding hydrogens is 278 g/mol. The lowest BCUT2D eigenvalue weighted by Gasteiger charge is -2.29. The Morgan fingerprint density at radius 1 is 1.27 bits per heavy atom. The number of aromatic amines is 1. The Morgan fingerprint density at radius 2 is 2.00 bits per heavy atom. The Hall–Kier alpha value is -1.72. The van der Waals surface area contributed by atoms with E-state index in [4.69, 9.17) is 0 Å². The molecule has 0 fully saturated rings. The van der Waals surface area contributed by atoms with Gasteiger partial charge in [0, 0.05) is 12.6 Å². The third kappa shape index (κ3) is 3.93. The lowest BCUT2D eigenvalue weighted by molar-refractivity contribution is 0.0808. The van der Waals surface area contributed by atoms with Gasteiger partial charge in [-0.25, -0.2) is 4.98 Å². The molecule has 1 aromatic heterocycles. The summed E-state index contributed by atoms with van der Waals surface area (Å²) in [4.78, 5) is 21.7.